The zero-order valence-electron chi connectivity index (χ0n) is 15.7. The Kier molecular flexibility index (Phi) is 6.59. The number of likely N-dealkylation sites (N-methyl/N-ethyl adjacent to an activating group) is 1. The predicted molar refractivity (Wildman–Crippen MR) is 99.4 cm³/mol. The monoisotopic (exact) mass is 392 g/mol. The third kappa shape index (κ3) is 5.53. The fourth-order valence-corrected chi connectivity index (χ4v) is 2.81. The highest BCUT2D eigenvalue weighted by atomic mass is 35.5. The summed E-state index contributed by atoms with van der Waals surface area (Å²) < 4.78 is 8.26. The molecule has 1 atom stereocenters. The molecular formula is C18H25ClN6O2. The van der Waals surface area contributed by atoms with Crippen molar-refractivity contribution in [1.29, 1.82) is 0 Å². The summed E-state index contributed by atoms with van der Waals surface area (Å²) in [5, 5.41) is 10.3. The van der Waals surface area contributed by atoms with Crippen molar-refractivity contribution in [2.45, 2.75) is 19.3 Å². The highest BCUT2D eigenvalue weighted by Gasteiger charge is 2.19. The first-order chi connectivity index (χ1) is 12.3. The molecule has 0 aliphatic carbocycles. The largest absolute Gasteiger partial charge is 1.00 e. The fourth-order valence-electron chi connectivity index (χ4n) is 2.81. The molecule has 2 aromatic heterocycles. The highest BCUT2D eigenvalue weighted by Crippen LogP contribution is 2.23. The number of aliphatic hydroxyl groups excluding tert-OH is 1. The maximum Gasteiger partial charge on any atom is 0.247 e. The van der Waals surface area contributed by atoms with Gasteiger partial charge in [-0.1, -0.05) is 30.3 Å². The van der Waals surface area contributed by atoms with Gasteiger partial charge in [-0.25, -0.2) is 4.98 Å². The highest BCUT2D eigenvalue weighted by molar-refractivity contribution is 5.77. The van der Waals surface area contributed by atoms with Gasteiger partial charge in [0.25, 0.3) is 0 Å². The maximum absolute atomic E-state index is 10.3. The minimum atomic E-state index is -0.530. The number of nitrogens with two attached hydrogens (primary N) is 1. The first-order valence-corrected chi connectivity index (χ1v) is 8.45. The van der Waals surface area contributed by atoms with E-state index in [1.165, 1.54) is 0 Å². The molecule has 0 spiro atoms. The second-order valence-corrected chi connectivity index (χ2v) is 7.36. The zero-order valence-corrected chi connectivity index (χ0v) is 16.5. The topological polar surface area (TPSA) is 99.1 Å². The van der Waals surface area contributed by atoms with Crippen LogP contribution < -0.4 is 22.9 Å². The average molecular weight is 393 g/mol. The number of anilines is 1. The van der Waals surface area contributed by atoms with Crippen molar-refractivity contribution in [2.24, 2.45) is 0 Å². The van der Waals surface area contributed by atoms with E-state index >= 15 is 0 Å². The minimum Gasteiger partial charge on any atom is -1.00 e. The summed E-state index contributed by atoms with van der Waals surface area (Å²) in [5.74, 6) is 0.458. The average Bonchev–Trinajstić information content (AvgIpc) is 2.94. The van der Waals surface area contributed by atoms with Gasteiger partial charge in [-0.15, -0.1) is 0 Å². The van der Waals surface area contributed by atoms with Gasteiger partial charge in [-0.2, -0.15) is 9.97 Å². The molecule has 0 aliphatic heterocycles. The van der Waals surface area contributed by atoms with Crippen molar-refractivity contribution < 1.29 is 26.7 Å². The fraction of sp³-hybridized carbons (Fsp3) is 0.389. The molecule has 0 fully saturated rings. The molecule has 27 heavy (non-hydrogen) atoms. The molecular weight excluding hydrogens is 368 g/mol. The van der Waals surface area contributed by atoms with Crippen molar-refractivity contribution in [1.82, 2.24) is 19.5 Å². The molecule has 0 saturated heterocycles. The molecule has 0 radical (unpaired) electrons. The van der Waals surface area contributed by atoms with E-state index in [4.69, 9.17) is 10.5 Å². The number of fused-ring (bicyclic) bond motifs is 1. The number of benzene rings is 1. The summed E-state index contributed by atoms with van der Waals surface area (Å²) in [4.78, 5) is 12.8. The van der Waals surface area contributed by atoms with E-state index in [-0.39, 0.29) is 18.4 Å². The molecule has 8 nitrogen and oxygen atoms in total. The van der Waals surface area contributed by atoms with Crippen LogP contribution in [0.5, 0.6) is 5.88 Å². The van der Waals surface area contributed by atoms with Crippen LogP contribution in [0.1, 0.15) is 5.56 Å². The Morgan fingerprint density at radius 1 is 1.19 bits per heavy atom. The van der Waals surface area contributed by atoms with Gasteiger partial charge in [-0.3, -0.25) is 0 Å². The van der Waals surface area contributed by atoms with Crippen LogP contribution in [-0.4, -0.2) is 62.9 Å². The minimum absolute atomic E-state index is 0. The third-order valence-corrected chi connectivity index (χ3v) is 3.83. The number of ether oxygens (including phenoxy) is 1. The zero-order chi connectivity index (χ0) is 18.7. The molecule has 2 heterocycles. The summed E-state index contributed by atoms with van der Waals surface area (Å²) in [5.41, 5.74) is 7.96. The van der Waals surface area contributed by atoms with E-state index in [2.05, 4.69) is 15.0 Å². The van der Waals surface area contributed by atoms with Crippen LogP contribution in [0.15, 0.2) is 36.7 Å². The lowest BCUT2D eigenvalue weighted by Crippen LogP contribution is -3.00. The summed E-state index contributed by atoms with van der Waals surface area (Å²) >= 11 is 0. The van der Waals surface area contributed by atoms with E-state index in [9.17, 15) is 5.11 Å². The summed E-state index contributed by atoms with van der Waals surface area (Å²) in [6, 6.07) is 9.80. The SMILES string of the molecule is C[N+](C)(C)CC(O)Cn1cnc2c(OCc3ccccc3)nc(N)nc21.[Cl-]. The molecule has 3 rings (SSSR count). The number of aliphatic hydroxyl groups is 1. The van der Waals surface area contributed by atoms with Crippen LogP contribution in [0, 0.1) is 0 Å². The van der Waals surface area contributed by atoms with Crippen molar-refractivity contribution >= 4 is 17.1 Å². The van der Waals surface area contributed by atoms with Gasteiger partial charge in [0.1, 0.15) is 19.3 Å². The normalized spacial score (nSPS) is 12.6. The van der Waals surface area contributed by atoms with E-state index in [0.717, 1.165) is 5.56 Å². The molecule has 3 aromatic rings. The molecule has 1 aromatic carbocycles. The van der Waals surface area contributed by atoms with Crippen LogP contribution >= 0.6 is 0 Å². The Hall–Kier alpha value is -2.42. The lowest BCUT2D eigenvalue weighted by atomic mass is 10.2. The predicted octanol–water partition coefficient (Wildman–Crippen LogP) is -1.94. The smallest absolute Gasteiger partial charge is 0.247 e. The van der Waals surface area contributed by atoms with Gasteiger partial charge in [-0.05, 0) is 5.56 Å². The molecule has 1 unspecified atom stereocenters. The van der Waals surface area contributed by atoms with E-state index < -0.39 is 6.10 Å². The number of nitrogens with zero attached hydrogens (tertiary/aromatic N) is 5. The number of rotatable bonds is 7. The van der Waals surface area contributed by atoms with Crippen LogP contribution in [0.25, 0.3) is 11.2 Å². The number of imidazole rings is 1. The van der Waals surface area contributed by atoms with Crippen molar-refractivity contribution in [2.75, 3.05) is 33.4 Å². The Balaban J connectivity index is 0.00000261. The van der Waals surface area contributed by atoms with E-state index in [1.54, 1.807) is 10.9 Å². The number of quaternary nitrogens is 1. The van der Waals surface area contributed by atoms with Crippen molar-refractivity contribution in [3.63, 3.8) is 0 Å². The molecule has 3 N–H and O–H groups in total. The van der Waals surface area contributed by atoms with Crippen molar-refractivity contribution in [3.05, 3.63) is 42.2 Å². The molecule has 0 bridgehead atoms. The van der Waals surface area contributed by atoms with Gasteiger partial charge in [0.05, 0.1) is 34.0 Å². The lowest BCUT2D eigenvalue weighted by molar-refractivity contribution is -0.873. The van der Waals surface area contributed by atoms with Crippen LogP contribution in [0.3, 0.4) is 0 Å². The quantitative estimate of drug-likeness (QED) is 0.454. The van der Waals surface area contributed by atoms with Crippen LogP contribution in [0.4, 0.5) is 5.95 Å². The van der Waals surface area contributed by atoms with Crippen LogP contribution in [-0.2, 0) is 13.2 Å². The number of halogens is 1. The van der Waals surface area contributed by atoms with E-state index in [1.807, 2.05) is 51.5 Å². The lowest BCUT2D eigenvalue weighted by Gasteiger charge is -2.26. The molecule has 146 valence electrons. The Bertz CT molecular complexity index is 879. The summed E-state index contributed by atoms with van der Waals surface area (Å²) in [6.45, 7) is 1.35. The molecule has 0 saturated carbocycles. The van der Waals surface area contributed by atoms with Gasteiger partial charge < -0.3 is 37.0 Å². The molecule has 0 aliphatic rings. The van der Waals surface area contributed by atoms with Gasteiger partial charge in [0.2, 0.25) is 11.8 Å². The van der Waals surface area contributed by atoms with E-state index in [0.29, 0.717) is 41.2 Å². The number of nitrogen functional groups attached to an aromatic ring is 1. The van der Waals surface area contributed by atoms with Crippen molar-refractivity contribution in [3.8, 4) is 5.88 Å². The second-order valence-electron chi connectivity index (χ2n) is 7.36. The standard InChI is InChI=1S/C18H25N6O2.ClH/c1-24(2,3)10-14(25)9-23-12-20-15-16(23)21-18(19)22-17(15)26-11-13-7-5-4-6-8-13;/h4-8,12,14,25H,9-11H2,1-3H3,(H2,19,21,22);1H/q+1;/p-1. The summed E-state index contributed by atoms with van der Waals surface area (Å²) in [6.07, 6.45) is 1.10. The molecule has 0 amide bonds. The Morgan fingerprint density at radius 2 is 1.89 bits per heavy atom. The second kappa shape index (κ2) is 8.51. The first kappa shape index (κ1) is 20.9. The maximum atomic E-state index is 10.3. The first-order valence-electron chi connectivity index (χ1n) is 8.45. The Morgan fingerprint density at radius 3 is 2.56 bits per heavy atom. The van der Waals surface area contributed by atoms with Gasteiger partial charge in [0, 0.05) is 0 Å². The number of hydrogen-bond donors (Lipinski definition) is 2. The third-order valence-electron chi connectivity index (χ3n) is 3.83. The summed E-state index contributed by atoms with van der Waals surface area (Å²) in [7, 11) is 6.10. The number of hydrogen-bond acceptors (Lipinski definition) is 6. The molecule has 9 heteroatoms. The van der Waals surface area contributed by atoms with Gasteiger partial charge >= 0.3 is 0 Å². The van der Waals surface area contributed by atoms with Gasteiger partial charge in [0.15, 0.2) is 11.2 Å². The Labute approximate surface area is 164 Å². The van der Waals surface area contributed by atoms with Crippen LogP contribution in [0.2, 0.25) is 0 Å². The number of aromatic nitrogens is 4.